The van der Waals surface area contributed by atoms with Crippen LogP contribution in [0, 0.1) is 5.92 Å². The number of ether oxygens (including phenoxy) is 2. The van der Waals surface area contributed by atoms with Gasteiger partial charge in [-0.15, -0.1) is 0 Å². The summed E-state index contributed by atoms with van der Waals surface area (Å²) in [7, 11) is 2.00. The fourth-order valence-corrected chi connectivity index (χ4v) is 3.29. The van der Waals surface area contributed by atoms with E-state index in [1.165, 1.54) is 0 Å². The minimum absolute atomic E-state index is 0.217. The smallest absolute Gasteiger partial charge is 0.287 e. The molecule has 0 aromatic heterocycles. The lowest BCUT2D eigenvalue weighted by Gasteiger charge is -2.23. The summed E-state index contributed by atoms with van der Waals surface area (Å²) in [5.74, 6) is 1.56. The lowest BCUT2D eigenvalue weighted by molar-refractivity contribution is -0.108. The van der Waals surface area contributed by atoms with Crippen molar-refractivity contribution < 1.29 is 14.3 Å². The Hall–Kier alpha value is -1.78. The molecule has 23 heavy (non-hydrogen) atoms. The van der Waals surface area contributed by atoms with Crippen molar-refractivity contribution >= 4 is 12.3 Å². The predicted octanol–water partition coefficient (Wildman–Crippen LogP) is 2.68. The van der Waals surface area contributed by atoms with Crippen molar-refractivity contribution in [2.75, 3.05) is 20.2 Å². The molecule has 0 amide bonds. The number of carbonyl (C=O) groups is 1. The summed E-state index contributed by atoms with van der Waals surface area (Å²) in [6.45, 7) is 1.40. The highest BCUT2D eigenvalue weighted by Gasteiger charge is 2.32. The molecule has 3 rings (SSSR count). The maximum Gasteiger partial charge on any atom is 0.287 e. The molecule has 0 saturated heterocycles. The van der Waals surface area contributed by atoms with Gasteiger partial charge in [0.15, 0.2) is 0 Å². The lowest BCUT2D eigenvalue weighted by atomic mass is 9.91. The van der Waals surface area contributed by atoms with Gasteiger partial charge < -0.3 is 19.2 Å². The third kappa shape index (κ3) is 4.15. The van der Waals surface area contributed by atoms with Gasteiger partial charge >= 0.3 is 0 Å². The molecule has 0 aromatic carbocycles. The molecule has 1 heterocycles. The first-order valence-corrected chi connectivity index (χ1v) is 8.62. The van der Waals surface area contributed by atoms with Crippen LogP contribution in [-0.4, -0.2) is 49.6 Å². The maximum atomic E-state index is 10.5. The van der Waals surface area contributed by atoms with E-state index >= 15 is 0 Å². The van der Waals surface area contributed by atoms with Crippen LogP contribution in [0.25, 0.3) is 0 Å². The van der Waals surface area contributed by atoms with Gasteiger partial charge in [-0.25, -0.2) is 4.99 Å². The quantitative estimate of drug-likeness (QED) is 0.558. The largest absolute Gasteiger partial charge is 0.496 e. The summed E-state index contributed by atoms with van der Waals surface area (Å²) >= 11 is 0. The first-order valence-electron chi connectivity index (χ1n) is 8.62. The topological polar surface area (TPSA) is 51.1 Å². The van der Waals surface area contributed by atoms with Crippen LogP contribution in [0.2, 0.25) is 0 Å². The highest BCUT2D eigenvalue weighted by atomic mass is 16.5. The fourth-order valence-electron chi connectivity index (χ4n) is 3.29. The van der Waals surface area contributed by atoms with Crippen molar-refractivity contribution in [3.8, 4) is 0 Å². The van der Waals surface area contributed by atoms with E-state index < -0.39 is 0 Å². The minimum Gasteiger partial charge on any atom is -0.496 e. The molecule has 0 N–H and O–H groups in total. The van der Waals surface area contributed by atoms with E-state index in [0.717, 1.165) is 56.7 Å². The van der Waals surface area contributed by atoms with Crippen LogP contribution in [0.5, 0.6) is 0 Å². The zero-order valence-electron chi connectivity index (χ0n) is 13.8. The number of hydrogen-bond acceptors (Lipinski definition) is 5. The Morgan fingerprint density at radius 3 is 3.00 bits per heavy atom. The van der Waals surface area contributed by atoms with E-state index in [1.807, 2.05) is 11.9 Å². The molecule has 126 valence electrons. The van der Waals surface area contributed by atoms with E-state index in [9.17, 15) is 4.79 Å². The standard InChI is InChI=1S/C18H26N2O3/c1-20(18-19-16-4-2-3-5-17(16)23-18)11-13-22-15-8-6-14(7-9-15)10-12-21/h2-3,8,12,14,16-17H,4-7,9-11,13H2,1H3. The number of aliphatic imine (C=N–C) groups is 1. The predicted molar refractivity (Wildman–Crippen MR) is 89.2 cm³/mol. The van der Waals surface area contributed by atoms with E-state index in [0.29, 0.717) is 18.9 Å². The summed E-state index contributed by atoms with van der Waals surface area (Å²) in [6.07, 6.45) is 13.3. The summed E-state index contributed by atoms with van der Waals surface area (Å²) in [6, 6.07) is 1.03. The number of likely N-dealkylation sites (N-methyl/N-ethyl adjacent to an activating group) is 1. The first-order chi connectivity index (χ1) is 11.3. The molecule has 5 heteroatoms. The van der Waals surface area contributed by atoms with E-state index in [2.05, 4.69) is 23.2 Å². The van der Waals surface area contributed by atoms with Crippen LogP contribution < -0.4 is 0 Å². The Bertz CT molecular complexity index is 512. The zero-order chi connectivity index (χ0) is 16.1. The third-order valence-corrected chi connectivity index (χ3v) is 4.82. The maximum absolute atomic E-state index is 10.5. The number of fused-ring (bicyclic) bond motifs is 1. The van der Waals surface area contributed by atoms with Gasteiger partial charge in [0.25, 0.3) is 6.02 Å². The monoisotopic (exact) mass is 318 g/mol. The number of allylic oxidation sites excluding steroid dienone is 2. The number of aldehydes is 1. The Morgan fingerprint density at radius 2 is 2.26 bits per heavy atom. The van der Waals surface area contributed by atoms with Gasteiger partial charge in [-0.05, 0) is 31.3 Å². The van der Waals surface area contributed by atoms with Crippen LogP contribution >= 0.6 is 0 Å². The Morgan fingerprint density at radius 1 is 1.39 bits per heavy atom. The number of hydrogen-bond donors (Lipinski definition) is 0. The molecule has 3 atom stereocenters. The molecule has 0 radical (unpaired) electrons. The highest BCUT2D eigenvalue weighted by Crippen LogP contribution is 2.26. The summed E-state index contributed by atoms with van der Waals surface area (Å²) in [4.78, 5) is 17.2. The number of rotatable bonds is 6. The molecule has 0 saturated carbocycles. The van der Waals surface area contributed by atoms with Crippen LogP contribution in [0.4, 0.5) is 0 Å². The zero-order valence-corrected chi connectivity index (χ0v) is 13.8. The van der Waals surface area contributed by atoms with Gasteiger partial charge in [0.05, 0.1) is 18.3 Å². The molecular weight excluding hydrogens is 292 g/mol. The van der Waals surface area contributed by atoms with E-state index in [4.69, 9.17) is 9.47 Å². The van der Waals surface area contributed by atoms with Crippen molar-refractivity contribution in [2.45, 2.75) is 50.7 Å². The number of amidine groups is 1. The normalized spacial score (nSPS) is 29.2. The average molecular weight is 318 g/mol. The van der Waals surface area contributed by atoms with Gasteiger partial charge in [-0.2, -0.15) is 0 Å². The Balaban J connectivity index is 1.39. The second-order valence-electron chi connectivity index (χ2n) is 6.56. The fraction of sp³-hybridized carbons (Fsp3) is 0.667. The first kappa shape index (κ1) is 16.1. The molecule has 0 bridgehead atoms. The molecule has 3 aliphatic rings. The van der Waals surface area contributed by atoms with Crippen molar-refractivity contribution in [1.29, 1.82) is 0 Å². The van der Waals surface area contributed by atoms with Crippen molar-refractivity contribution in [3.05, 3.63) is 24.0 Å². The minimum atomic E-state index is 0.217. The second-order valence-corrected chi connectivity index (χ2v) is 6.56. The molecule has 2 aliphatic carbocycles. The van der Waals surface area contributed by atoms with E-state index in [1.54, 1.807) is 0 Å². The molecule has 3 unspecified atom stereocenters. The van der Waals surface area contributed by atoms with Gasteiger partial charge in [-0.3, -0.25) is 0 Å². The lowest BCUT2D eigenvalue weighted by Crippen LogP contribution is -2.32. The summed E-state index contributed by atoms with van der Waals surface area (Å²) < 4.78 is 11.8. The van der Waals surface area contributed by atoms with Crippen molar-refractivity contribution in [2.24, 2.45) is 10.9 Å². The van der Waals surface area contributed by atoms with Gasteiger partial charge in [0.2, 0.25) is 0 Å². The molecule has 0 fully saturated rings. The van der Waals surface area contributed by atoms with Crippen LogP contribution in [0.15, 0.2) is 29.0 Å². The molecular formula is C18H26N2O3. The van der Waals surface area contributed by atoms with Gasteiger partial charge in [-0.1, -0.05) is 12.2 Å². The number of carbonyl (C=O) groups excluding carboxylic acids is 1. The molecule has 1 aliphatic heterocycles. The third-order valence-electron chi connectivity index (χ3n) is 4.82. The van der Waals surface area contributed by atoms with Crippen LogP contribution in [0.1, 0.15) is 38.5 Å². The van der Waals surface area contributed by atoms with E-state index in [-0.39, 0.29) is 12.1 Å². The van der Waals surface area contributed by atoms with Crippen molar-refractivity contribution in [3.63, 3.8) is 0 Å². The molecule has 5 nitrogen and oxygen atoms in total. The Kier molecular flexibility index (Phi) is 5.36. The average Bonchev–Trinajstić information content (AvgIpc) is 3.01. The SMILES string of the molecule is CN(CCOC1=CCC(CC=O)CC1)C1=NC2CC=CCC2O1. The van der Waals surface area contributed by atoms with Crippen molar-refractivity contribution in [1.82, 2.24) is 4.90 Å². The highest BCUT2D eigenvalue weighted by molar-refractivity contribution is 5.75. The second kappa shape index (κ2) is 7.66. The summed E-state index contributed by atoms with van der Waals surface area (Å²) in [5.41, 5.74) is 0. The Labute approximate surface area is 138 Å². The summed E-state index contributed by atoms with van der Waals surface area (Å²) in [5, 5.41) is 0. The van der Waals surface area contributed by atoms with Gasteiger partial charge in [0.1, 0.15) is 19.0 Å². The number of nitrogens with zero attached hydrogens (tertiary/aromatic N) is 2. The van der Waals surface area contributed by atoms with Gasteiger partial charge in [0, 0.05) is 26.3 Å². The van der Waals surface area contributed by atoms with Crippen LogP contribution in [0.3, 0.4) is 0 Å². The van der Waals surface area contributed by atoms with Crippen LogP contribution in [-0.2, 0) is 14.3 Å². The molecule has 0 aromatic rings. The molecule has 0 spiro atoms.